The molecule has 3 aromatic carbocycles. The highest BCUT2D eigenvalue weighted by Crippen LogP contribution is 2.28. The number of methoxy groups -OCH3 is 1. The van der Waals surface area contributed by atoms with Crippen LogP contribution in [0.1, 0.15) is 5.56 Å². The van der Waals surface area contributed by atoms with Gasteiger partial charge in [0.15, 0.2) is 11.0 Å². The molecule has 6 nitrogen and oxygen atoms in total. The molecule has 34 heavy (non-hydrogen) atoms. The maximum Gasteiger partial charge on any atom is 0.230 e. The molecule has 1 N–H and O–H groups in total. The van der Waals surface area contributed by atoms with Crippen molar-refractivity contribution in [1.82, 2.24) is 20.1 Å². The van der Waals surface area contributed by atoms with Crippen LogP contribution in [0.25, 0.3) is 17.1 Å². The minimum atomic E-state index is -0.370. The van der Waals surface area contributed by atoms with Crippen molar-refractivity contribution in [1.29, 1.82) is 0 Å². The predicted molar refractivity (Wildman–Crippen MR) is 127 cm³/mol. The zero-order chi connectivity index (χ0) is 23.9. The summed E-state index contributed by atoms with van der Waals surface area (Å²) in [6.45, 7) is 0.497. The van der Waals surface area contributed by atoms with Gasteiger partial charge in [0, 0.05) is 17.8 Å². The average Bonchev–Trinajstić information content (AvgIpc) is 3.28. The quantitative estimate of drug-likeness (QED) is 0.353. The molecule has 4 aromatic rings. The third kappa shape index (κ3) is 5.79. The highest BCUT2D eigenvalue weighted by molar-refractivity contribution is 7.99. The number of thioether (sulfide) groups is 1. The number of hydrogen-bond acceptors (Lipinski definition) is 5. The van der Waals surface area contributed by atoms with Crippen LogP contribution >= 0.6 is 11.8 Å². The Balaban J connectivity index is 1.44. The average molecular weight is 481 g/mol. The van der Waals surface area contributed by atoms with Crippen molar-refractivity contribution in [3.05, 3.63) is 90.0 Å². The number of carbonyl (C=O) groups is 1. The van der Waals surface area contributed by atoms with E-state index in [0.29, 0.717) is 35.2 Å². The van der Waals surface area contributed by atoms with E-state index in [-0.39, 0.29) is 23.3 Å². The first-order chi connectivity index (χ1) is 16.5. The summed E-state index contributed by atoms with van der Waals surface area (Å²) < 4.78 is 33.7. The first kappa shape index (κ1) is 23.4. The minimum absolute atomic E-state index is 0.130. The van der Waals surface area contributed by atoms with E-state index in [9.17, 15) is 13.6 Å². The number of aromatic nitrogens is 3. The zero-order valence-corrected chi connectivity index (χ0v) is 19.2. The molecule has 0 aliphatic carbocycles. The number of hydrogen-bond donors (Lipinski definition) is 1. The molecule has 0 saturated carbocycles. The molecular weight excluding hydrogens is 458 g/mol. The Bertz CT molecular complexity index is 1240. The van der Waals surface area contributed by atoms with Gasteiger partial charge >= 0.3 is 0 Å². The molecule has 1 amide bonds. The molecule has 0 radical (unpaired) electrons. The monoisotopic (exact) mass is 480 g/mol. The van der Waals surface area contributed by atoms with Crippen LogP contribution in [0.15, 0.2) is 78.0 Å². The number of amides is 1. The summed E-state index contributed by atoms with van der Waals surface area (Å²) in [5.74, 6) is 0.507. The Morgan fingerprint density at radius 1 is 0.941 bits per heavy atom. The normalized spacial score (nSPS) is 10.8. The number of halogens is 2. The maximum absolute atomic E-state index is 13.5. The lowest BCUT2D eigenvalue weighted by atomic mass is 10.1. The van der Waals surface area contributed by atoms with E-state index in [1.165, 1.54) is 36.0 Å². The lowest BCUT2D eigenvalue weighted by Crippen LogP contribution is -2.27. The molecule has 0 aliphatic heterocycles. The summed E-state index contributed by atoms with van der Waals surface area (Å²) in [5, 5.41) is 11.8. The van der Waals surface area contributed by atoms with E-state index in [1.807, 2.05) is 24.3 Å². The van der Waals surface area contributed by atoms with Gasteiger partial charge in [-0.15, -0.1) is 10.2 Å². The number of ether oxygens (including phenoxy) is 1. The van der Waals surface area contributed by atoms with Gasteiger partial charge in [0.2, 0.25) is 5.91 Å². The van der Waals surface area contributed by atoms with Gasteiger partial charge in [0.25, 0.3) is 0 Å². The van der Waals surface area contributed by atoms with Crippen LogP contribution in [0, 0.1) is 11.6 Å². The number of nitrogens with one attached hydrogen (secondary N) is 1. The molecule has 0 atom stereocenters. The molecule has 0 fully saturated rings. The van der Waals surface area contributed by atoms with Crippen molar-refractivity contribution in [2.45, 2.75) is 11.6 Å². The third-order valence-corrected chi connectivity index (χ3v) is 5.98. The second-order valence-corrected chi connectivity index (χ2v) is 8.30. The first-order valence-corrected chi connectivity index (χ1v) is 11.5. The van der Waals surface area contributed by atoms with Gasteiger partial charge in [0.05, 0.1) is 12.9 Å². The summed E-state index contributed by atoms with van der Waals surface area (Å²) in [7, 11) is 1.62. The van der Waals surface area contributed by atoms with E-state index >= 15 is 0 Å². The largest absolute Gasteiger partial charge is 0.497 e. The zero-order valence-electron chi connectivity index (χ0n) is 18.4. The topological polar surface area (TPSA) is 69.0 Å². The summed E-state index contributed by atoms with van der Waals surface area (Å²) in [4.78, 5) is 12.4. The number of benzene rings is 3. The second-order valence-electron chi connectivity index (χ2n) is 7.36. The molecule has 1 heterocycles. The Labute approximate surface area is 200 Å². The fourth-order valence-corrected chi connectivity index (χ4v) is 4.07. The van der Waals surface area contributed by atoms with Gasteiger partial charge in [-0.05, 0) is 72.6 Å². The van der Waals surface area contributed by atoms with Crippen molar-refractivity contribution in [2.75, 3.05) is 19.4 Å². The predicted octanol–water partition coefficient (Wildman–Crippen LogP) is 4.67. The lowest BCUT2D eigenvalue weighted by Gasteiger charge is -2.11. The third-order valence-electron chi connectivity index (χ3n) is 5.05. The molecule has 1 aromatic heterocycles. The summed E-state index contributed by atoms with van der Waals surface area (Å²) >= 11 is 1.22. The van der Waals surface area contributed by atoms with Crippen LogP contribution in [-0.2, 0) is 11.2 Å². The first-order valence-electron chi connectivity index (χ1n) is 10.5. The SMILES string of the molecule is COc1ccc(CCNC(=O)CSc2nnc(-c3ccc(F)cc3)n2-c2ccc(F)cc2)cc1. The smallest absolute Gasteiger partial charge is 0.230 e. The van der Waals surface area contributed by atoms with Crippen molar-refractivity contribution in [3.8, 4) is 22.8 Å². The Morgan fingerprint density at radius 2 is 1.59 bits per heavy atom. The van der Waals surface area contributed by atoms with Gasteiger partial charge in [-0.25, -0.2) is 8.78 Å². The van der Waals surface area contributed by atoms with Crippen LogP contribution in [0.4, 0.5) is 8.78 Å². The van der Waals surface area contributed by atoms with Gasteiger partial charge in [-0.3, -0.25) is 9.36 Å². The Morgan fingerprint density at radius 3 is 2.24 bits per heavy atom. The molecule has 0 unspecified atom stereocenters. The van der Waals surface area contributed by atoms with Crippen molar-refractivity contribution in [2.24, 2.45) is 0 Å². The molecule has 0 aliphatic rings. The molecule has 0 saturated heterocycles. The van der Waals surface area contributed by atoms with Crippen molar-refractivity contribution < 1.29 is 18.3 Å². The molecule has 0 spiro atoms. The molecule has 9 heteroatoms. The van der Waals surface area contributed by atoms with Gasteiger partial charge in [0.1, 0.15) is 17.4 Å². The minimum Gasteiger partial charge on any atom is -0.497 e. The Hall–Kier alpha value is -3.72. The van der Waals surface area contributed by atoms with Crippen LogP contribution in [-0.4, -0.2) is 40.1 Å². The van der Waals surface area contributed by atoms with E-state index in [4.69, 9.17) is 4.74 Å². The van der Waals surface area contributed by atoms with Gasteiger partial charge in [-0.2, -0.15) is 0 Å². The Kier molecular flexibility index (Phi) is 7.54. The summed E-state index contributed by atoms with van der Waals surface area (Å²) in [6.07, 6.45) is 0.695. The molecule has 4 rings (SSSR count). The number of nitrogens with zero attached hydrogens (tertiary/aromatic N) is 3. The fraction of sp³-hybridized carbons (Fsp3) is 0.160. The van der Waals surface area contributed by atoms with Crippen LogP contribution in [0.3, 0.4) is 0 Å². The van der Waals surface area contributed by atoms with Gasteiger partial charge in [-0.1, -0.05) is 23.9 Å². The highest BCUT2D eigenvalue weighted by atomic mass is 32.2. The van der Waals surface area contributed by atoms with Crippen molar-refractivity contribution in [3.63, 3.8) is 0 Å². The highest BCUT2D eigenvalue weighted by Gasteiger charge is 2.17. The molecule has 174 valence electrons. The van der Waals surface area contributed by atoms with E-state index in [2.05, 4.69) is 15.5 Å². The van der Waals surface area contributed by atoms with E-state index < -0.39 is 0 Å². The van der Waals surface area contributed by atoms with Crippen LogP contribution < -0.4 is 10.1 Å². The van der Waals surface area contributed by atoms with Crippen molar-refractivity contribution >= 4 is 17.7 Å². The standard InChI is InChI=1S/C25H22F2N4O2S/c1-33-22-12-2-17(3-13-22)14-15-28-23(32)16-34-25-30-29-24(18-4-6-19(26)7-5-18)31(25)21-10-8-20(27)9-11-21/h2-13H,14-16H2,1H3,(H,28,32). The lowest BCUT2D eigenvalue weighted by molar-refractivity contribution is -0.118. The fourth-order valence-electron chi connectivity index (χ4n) is 3.29. The molecular formula is C25H22F2N4O2S. The molecule has 0 bridgehead atoms. The number of rotatable bonds is 9. The second kappa shape index (κ2) is 10.9. The maximum atomic E-state index is 13.5. The summed E-state index contributed by atoms with van der Waals surface area (Å²) in [5.41, 5.74) is 2.37. The van der Waals surface area contributed by atoms with Gasteiger partial charge < -0.3 is 10.1 Å². The van der Waals surface area contributed by atoms with E-state index in [0.717, 1.165) is 11.3 Å². The van der Waals surface area contributed by atoms with E-state index in [1.54, 1.807) is 35.9 Å². The van der Waals surface area contributed by atoms with Crippen LogP contribution in [0.5, 0.6) is 5.75 Å². The summed E-state index contributed by atoms with van der Waals surface area (Å²) in [6, 6.07) is 19.4. The number of carbonyl (C=O) groups excluding carboxylic acids is 1. The van der Waals surface area contributed by atoms with Crippen LogP contribution in [0.2, 0.25) is 0 Å².